The molecule has 0 unspecified atom stereocenters. The van der Waals surface area contributed by atoms with E-state index in [0.29, 0.717) is 16.9 Å². The monoisotopic (exact) mass is 226 g/mol. The summed E-state index contributed by atoms with van der Waals surface area (Å²) in [7, 11) is 0. The summed E-state index contributed by atoms with van der Waals surface area (Å²) in [6, 6.07) is 11.0. The van der Waals surface area contributed by atoms with Gasteiger partial charge < -0.3 is 5.73 Å². The van der Waals surface area contributed by atoms with E-state index in [9.17, 15) is 4.79 Å². The van der Waals surface area contributed by atoms with Crippen LogP contribution in [0.3, 0.4) is 0 Å². The minimum absolute atomic E-state index is 0.126. The van der Waals surface area contributed by atoms with Crippen molar-refractivity contribution in [3.8, 4) is 0 Å². The van der Waals surface area contributed by atoms with Gasteiger partial charge in [0.05, 0.1) is 5.69 Å². The number of hydrogen-bond donors (Lipinski definition) is 1. The number of ketones is 1. The number of nitrogen functional groups attached to an aromatic ring is 1. The maximum Gasteiger partial charge on any atom is 0.213 e. The van der Waals surface area contributed by atoms with Gasteiger partial charge in [0.25, 0.3) is 0 Å². The van der Waals surface area contributed by atoms with Crippen LogP contribution in [0.25, 0.3) is 0 Å². The first-order chi connectivity index (χ1) is 8.22. The maximum absolute atomic E-state index is 12.2. The van der Waals surface area contributed by atoms with Crippen LogP contribution in [0.1, 0.15) is 28.5 Å². The van der Waals surface area contributed by atoms with E-state index in [-0.39, 0.29) is 5.78 Å². The third kappa shape index (κ3) is 2.33. The zero-order valence-electron chi connectivity index (χ0n) is 9.68. The molecule has 0 aliphatic heterocycles. The minimum Gasteiger partial charge on any atom is -0.397 e. The van der Waals surface area contributed by atoms with E-state index >= 15 is 0 Å². The molecule has 1 heterocycles. The Morgan fingerprint density at radius 2 is 2.12 bits per heavy atom. The number of carbonyl (C=O) groups excluding carboxylic acids is 1. The number of nitrogens with zero attached hydrogens (tertiary/aromatic N) is 1. The standard InChI is InChI=1S/C14H14N2O/c1-2-10-5-3-6-11(9-10)14(17)13-12(15)7-4-8-16-13/h3-9H,2,15H2,1H3. The number of pyridine rings is 1. The average molecular weight is 226 g/mol. The summed E-state index contributed by atoms with van der Waals surface area (Å²) in [5, 5.41) is 0. The van der Waals surface area contributed by atoms with E-state index in [4.69, 9.17) is 5.73 Å². The van der Waals surface area contributed by atoms with E-state index in [1.54, 1.807) is 24.4 Å². The summed E-state index contributed by atoms with van der Waals surface area (Å²) < 4.78 is 0. The third-order valence-electron chi connectivity index (χ3n) is 2.65. The van der Waals surface area contributed by atoms with E-state index < -0.39 is 0 Å². The highest BCUT2D eigenvalue weighted by molar-refractivity contribution is 6.10. The highest BCUT2D eigenvalue weighted by Crippen LogP contribution is 2.15. The highest BCUT2D eigenvalue weighted by Gasteiger charge is 2.13. The molecule has 0 saturated heterocycles. The smallest absolute Gasteiger partial charge is 0.213 e. The second-order valence-electron chi connectivity index (χ2n) is 3.82. The van der Waals surface area contributed by atoms with Crippen LogP contribution in [-0.4, -0.2) is 10.8 Å². The Labute approximate surface area is 100 Å². The van der Waals surface area contributed by atoms with Gasteiger partial charge in [-0.15, -0.1) is 0 Å². The molecule has 0 saturated carbocycles. The van der Waals surface area contributed by atoms with Crippen LogP contribution in [0.2, 0.25) is 0 Å². The molecular weight excluding hydrogens is 212 g/mol. The summed E-state index contributed by atoms with van der Waals surface area (Å²) in [6.45, 7) is 2.05. The molecule has 0 spiro atoms. The van der Waals surface area contributed by atoms with E-state index in [0.717, 1.165) is 12.0 Å². The van der Waals surface area contributed by atoms with Crippen molar-refractivity contribution in [2.45, 2.75) is 13.3 Å². The van der Waals surface area contributed by atoms with Crippen molar-refractivity contribution in [2.24, 2.45) is 0 Å². The molecule has 0 atom stereocenters. The van der Waals surface area contributed by atoms with Crippen LogP contribution in [-0.2, 0) is 6.42 Å². The Hall–Kier alpha value is -2.16. The van der Waals surface area contributed by atoms with Gasteiger partial charge in [-0.1, -0.05) is 25.1 Å². The summed E-state index contributed by atoms with van der Waals surface area (Å²) in [5.74, 6) is -0.126. The lowest BCUT2D eigenvalue weighted by atomic mass is 10.0. The minimum atomic E-state index is -0.126. The van der Waals surface area contributed by atoms with Gasteiger partial charge in [-0.3, -0.25) is 9.78 Å². The molecular formula is C14H14N2O. The van der Waals surface area contributed by atoms with Crippen LogP contribution >= 0.6 is 0 Å². The molecule has 2 aromatic rings. The topological polar surface area (TPSA) is 56.0 Å². The summed E-state index contributed by atoms with van der Waals surface area (Å²) in [5.41, 5.74) is 8.25. The summed E-state index contributed by atoms with van der Waals surface area (Å²) in [4.78, 5) is 16.2. The Balaban J connectivity index is 2.40. The number of rotatable bonds is 3. The second kappa shape index (κ2) is 4.78. The van der Waals surface area contributed by atoms with Gasteiger partial charge in [0.1, 0.15) is 5.69 Å². The molecule has 0 aliphatic carbocycles. The molecule has 2 N–H and O–H groups in total. The van der Waals surface area contributed by atoms with Crippen LogP contribution in [0.4, 0.5) is 5.69 Å². The molecule has 1 aromatic heterocycles. The summed E-state index contributed by atoms with van der Waals surface area (Å²) in [6.07, 6.45) is 2.48. The zero-order valence-corrected chi connectivity index (χ0v) is 9.68. The molecule has 2 rings (SSSR count). The molecule has 1 aromatic carbocycles. The van der Waals surface area contributed by atoms with Gasteiger partial charge >= 0.3 is 0 Å². The molecule has 3 heteroatoms. The molecule has 0 fully saturated rings. The zero-order chi connectivity index (χ0) is 12.3. The molecule has 0 bridgehead atoms. The largest absolute Gasteiger partial charge is 0.397 e. The van der Waals surface area contributed by atoms with Gasteiger partial charge in [-0.05, 0) is 30.2 Å². The highest BCUT2D eigenvalue weighted by atomic mass is 16.1. The number of anilines is 1. The average Bonchev–Trinajstić information content (AvgIpc) is 2.38. The summed E-state index contributed by atoms with van der Waals surface area (Å²) >= 11 is 0. The molecule has 86 valence electrons. The van der Waals surface area contributed by atoms with Gasteiger partial charge in [0, 0.05) is 11.8 Å². The lowest BCUT2D eigenvalue weighted by Gasteiger charge is -2.04. The van der Waals surface area contributed by atoms with E-state index in [2.05, 4.69) is 11.9 Å². The molecule has 3 nitrogen and oxygen atoms in total. The maximum atomic E-state index is 12.2. The number of benzene rings is 1. The normalized spacial score (nSPS) is 10.2. The number of carbonyl (C=O) groups is 1. The number of nitrogens with two attached hydrogens (primary N) is 1. The van der Waals surface area contributed by atoms with Crippen LogP contribution < -0.4 is 5.73 Å². The first-order valence-electron chi connectivity index (χ1n) is 5.56. The number of aromatic nitrogens is 1. The van der Waals surface area contributed by atoms with Crippen LogP contribution in [0.5, 0.6) is 0 Å². The van der Waals surface area contributed by atoms with Crippen molar-refractivity contribution < 1.29 is 4.79 Å². The Morgan fingerprint density at radius 1 is 1.29 bits per heavy atom. The molecule has 0 amide bonds. The van der Waals surface area contributed by atoms with Crippen molar-refractivity contribution in [2.75, 3.05) is 5.73 Å². The van der Waals surface area contributed by atoms with E-state index in [1.165, 1.54) is 0 Å². The lowest BCUT2D eigenvalue weighted by molar-refractivity contribution is 0.103. The Bertz CT molecular complexity index is 549. The predicted octanol–water partition coefficient (Wildman–Crippen LogP) is 2.46. The van der Waals surface area contributed by atoms with Crippen molar-refractivity contribution in [1.82, 2.24) is 4.98 Å². The van der Waals surface area contributed by atoms with Crippen molar-refractivity contribution in [1.29, 1.82) is 0 Å². The van der Waals surface area contributed by atoms with Gasteiger partial charge in [-0.2, -0.15) is 0 Å². The third-order valence-corrected chi connectivity index (χ3v) is 2.65. The molecule has 17 heavy (non-hydrogen) atoms. The van der Waals surface area contributed by atoms with Gasteiger partial charge in [0.2, 0.25) is 5.78 Å². The van der Waals surface area contributed by atoms with Crippen LogP contribution in [0, 0.1) is 0 Å². The van der Waals surface area contributed by atoms with Crippen molar-refractivity contribution >= 4 is 11.5 Å². The number of hydrogen-bond acceptors (Lipinski definition) is 3. The second-order valence-corrected chi connectivity index (χ2v) is 3.82. The first-order valence-corrected chi connectivity index (χ1v) is 5.56. The lowest BCUT2D eigenvalue weighted by Crippen LogP contribution is -2.08. The Kier molecular flexibility index (Phi) is 3.19. The molecule has 0 aliphatic rings. The van der Waals surface area contributed by atoms with Gasteiger partial charge in [0.15, 0.2) is 0 Å². The first kappa shape index (κ1) is 11.3. The van der Waals surface area contributed by atoms with Crippen molar-refractivity contribution in [3.63, 3.8) is 0 Å². The van der Waals surface area contributed by atoms with Crippen LogP contribution in [0.15, 0.2) is 42.6 Å². The Morgan fingerprint density at radius 3 is 2.82 bits per heavy atom. The number of aryl methyl sites for hydroxylation is 1. The fourth-order valence-electron chi connectivity index (χ4n) is 1.68. The van der Waals surface area contributed by atoms with E-state index in [1.807, 2.05) is 18.2 Å². The fourth-order valence-corrected chi connectivity index (χ4v) is 1.68. The SMILES string of the molecule is CCc1cccc(C(=O)c2ncccc2N)c1. The molecule has 0 radical (unpaired) electrons. The predicted molar refractivity (Wildman–Crippen MR) is 67.9 cm³/mol. The fraction of sp³-hybridized carbons (Fsp3) is 0.143. The van der Waals surface area contributed by atoms with Gasteiger partial charge in [-0.25, -0.2) is 0 Å². The van der Waals surface area contributed by atoms with Crippen molar-refractivity contribution in [3.05, 3.63) is 59.4 Å². The quantitative estimate of drug-likeness (QED) is 0.818.